The van der Waals surface area contributed by atoms with Crippen LogP contribution in [0.3, 0.4) is 0 Å². The van der Waals surface area contributed by atoms with Crippen LogP contribution >= 0.6 is 0 Å². The summed E-state index contributed by atoms with van der Waals surface area (Å²) in [5.41, 5.74) is 0. The fourth-order valence-corrected chi connectivity index (χ4v) is 2.78. The second-order valence-corrected chi connectivity index (χ2v) is 5.42. The Balaban J connectivity index is 1.51. The lowest BCUT2D eigenvalue weighted by Gasteiger charge is -2.25. The zero-order valence-electron chi connectivity index (χ0n) is 12.5. The molecule has 1 atom stereocenters. The number of furan rings is 2. The topological polar surface area (TPSA) is 70.6 Å². The Morgan fingerprint density at radius 2 is 1.91 bits per heavy atom. The van der Waals surface area contributed by atoms with Gasteiger partial charge in [-0.15, -0.1) is 0 Å². The van der Waals surface area contributed by atoms with Gasteiger partial charge in [-0.05, 0) is 50.2 Å². The van der Waals surface area contributed by atoms with E-state index in [1.807, 2.05) is 18.2 Å². The number of hydrogen-bond donors (Lipinski definition) is 2. The Labute approximate surface area is 129 Å². The summed E-state index contributed by atoms with van der Waals surface area (Å²) < 4.78 is 10.7. The molecule has 0 aliphatic carbocycles. The van der Waals surface area contributed by atoms with Crippen molar-refractivity contribution in [3.63, 3.8) is 0 Å². The third-order valence-corrected chi connectivity index (χ3v) is 3.91. The first-order valence-corrected chi connectivity index (χ1v) is 7.64. The molecule has 1 aliphatic rings. The third-order valence-electron chi connectivity index (χ3n) is 3.91. The monoisotopic (exact) mass is 303 g/mol. The van der Waals surface area contributed by atoms with Crippen molar-refractivity contribution in [1.82, 2.24) is 15.5 Å². The van der Waals surface area contributed by atoms with Crippen LogP contribution in [0.5, 0.6) is 0 Å². The number of nitrogens with zero attached hydrogens (tertiary/aromatic N) is 1. The van der Waals surface area contributed by atoms with Gasteiger partial charge in [0.2, 0.25) is 0 Å². The molecule has 1 fully saturated rings. The van der Waals surface area contributed by atoms with Crippen molar-refractivity contribution in [2.75, 3.05) is 19.6 Å². The highest BCUT2D eigenvalue weighted by atomic mass is 16.3. The Kier molecular flexibility index (Phi) is 4.80. The summed E-state index contributed by atoms with van der Waals surface area (Å²) in [5.74, 6) is 1.63. The van der Waals surface area contributed by atoms with Crippen LogP contribution in [0.4, 0.5) is 4.79 Å². The molecule has 2 N–H and O–H groups in total. The number of nitrogens with one attached hydrogen (secondary N) is 2. The van der Waals surface area contributed by atoms with Crippen molar-refractivity contribution in [3.8, 4) is 0 Å². The molecule has 118 valence electrons. The molecular formula is C16H21N3O3. The van der Waals surface area contributed by atoms with Crippen LogP contribution < -0.4 is 10.6 Å². The molecule has 3 heterocycles. The van der Waals surface area contributed by atoms with Crippen LogP contribution in [-0.4, -0.2) is 30.6 Å². The van der Waals surface area contributed by atoms with Crippen molar-refractivity contribution in [2.45, 2.75) is 25.4 Å². The van der Waals surface area contributed by atoms with Crippen LogP contribution in [-0.2, 0) is 6.54 Å². The van der Waals surface area contributed by atoms with Crippen LogP contribution in [0.25, 0.3) is 0 Å². The largest absolute Gasteiger partial charge is 0.468 e. The van der Waals surface area contributed by atoms with Gasteiger partial charge in [-0.25, -0.2) is 4.79 Å². The lowest BCUT2D eigenvalue weighted by atomic mass is 10.2. The molecule has 0 unspecified atom stereocenters. The molecule has 0 radical (unpaired) electrons. The van der Waals surface area contributed by atoms with Crippen LogP contribution in [0, 0.1) is 0 Å². The van der Waals surface area contributed by atoms with Gasteiger partial charge in [-0.2, -0.15) is 0 Å². The first-order valence-electron chi connectivity index (χ1n) is 7.64. The minimum absolute atomic E-state index is 0.0897. The highest BCUT2D eigenvalue weighted by Crippen LogP contribution is 2.24. The van der Waals surface area contributed by atoms with Crippen molar-refractivity contribution in [1.29, 1.82) is 0 Å². The van der Waals surface area contributed by atoms with Gasteiger partial charge >= 0.3 is 6.03 Å². The average Bonchev–Trinajstić information content (AvgIpc) is 3.27. The van der Waals surface area contributed by atoms with Crippen LogP contribution in [0.1, 0.15) is 30.4 Å². The Bertz CT molecular complexity index is 559. The molecule has 3 rings (SSSR count). The molecule has 6 heteroatoms. The van der Waals surface area contributed by atoms with E-state index in [1.54, 1.807) is 18.6 Å². The Hall–Kier alpha value is -2.21. The molecule has 0 bridgehead atoms. The fourth-order valence-electron chi connectivity index (χ4n) is 2.78. The van der Waals surface area contributed by atoms with E-state index in [-0.39, 0.29) is 12.1 Å². The second kappa shape index (κ2) is 7.17. The van der Waals surface area contributed by atoms with E-state index in [4.69, 9.17) is 8.83 Å². The van der Waals surface area contributed by atoms with Gasteiger partial charge in [-0.1, -0.05) is 0 Å². The van der Waals surface area contributed by atoms with E-state index in [9.17, 15) is 4.79 Å². The molecule has 2 aromatic rings. The summed E-state index contributed by atoms with van der Waals surface area (Å²) in [5, 5.41) is 5.70. The average molecular weight is 303 g/mol. The minimum atomic E-state index is -0.202. The SMILES string of the molecule is O=C(NCc1ccco1)NC[C@@H](c1ccco1)N1CCCC1. The molecule has 1 aliphatic heterocycles. The predicted molar refractivity (Wildman–Crippen MR) is 81.2 cm³/mol. The van der Waals surface area contributed by atoms with E-state index in [2.05, 4.69) is 15.5 Å². The van der Waals surface area contributed by atoms with Crippen molar-refractivity contribution < 1.29 is 13.6 Å². The number of urea groups is 1. The number of amides is 2. The molecule has 1 saturated heterocycles. The first-order chi connectivity index (χ1) is 10.8. The highest BCUT2D eigenvalue weighted by molar-refractivity contribution is 5.73. The maximum Gasteiger partial charge on any atom is 0.315 e. The number of likely N-dealkylation sites (tertiary alicyclic amines) is 1. The number of carbonyl (C=O) groups excluding carboxylic acids is 1. The van der Waals surface area contributed by atoms with Gasteiger partial charge in [0.05, 0.1) is 25.1 Å². The molecule has 2 aromatic heterocycles. The number of carbonyl (C=O) groups is 1. The number of hydrogen-bond acceptors (Lipinski definition) is 4. The Morgan fingerprint density at radius 3 is 2.59 bits per heavy atom. The zero-order chi connectivity index (χ0) is 15.2. The van der Waals surface area contributed by atoms with Gasteiger partial charge in [-0.3, -0.25) is 4.90 Å². The molecule has 2 amide bonds. The quantitative estimate of drug-likeness (QED) is 0.860. The first kappa shape index (κ1) is 14.7. The zero-order valence-corrected chi connectivity index (χ0v) is 12.5. The summed E-state index contributed by atoms with van der Waals surface area (Å²) in [6.45, 7) is 2.99. The standard InChI is InChI=1S/C16H21N3O3/c20-16(17-11-13-5-3-9-21-13)18-12-14(15-6-4-10-22-15)19-7-1-2-8-19/h3-6,9-10,14H,1-2,7-8,11-12H2,(H2,17,18,20)/t14-/m0/s1. The van der Waals surface area contributed by atoms with E-state index in [0.717, 1.165) is 24.6 Å². The van der Waals surface area contributed by atoms with E-state index in [1.165, 1.54) is 12.8 Å². The van der Waals surface area contributed by atoms with Gasteiger partial charge in [0, 0.05) is 6.54 Å². The highest BCUT2D eigenvalue weighted by Gasteiger charge is 2.25. The summed E-state index contributed by atoms with van der Waals surface area (Å²) in [6, 6.07) is 7.37. The molecular weight excluding hydrogens is 282 g/mol. The summed E-state index contributed by atoms with van der Waals surface area (Å²) in [7, 11) is 0. The third kappa shape index (κ3) is 3.71. The summed E-state index contributed by atoms with van der Waals surface area (Å²) in [6.07, 6.45) is 5.66. The molecule has 22 heavy (non-hydrogen) atoms. The van der Waals surface area contributed by atoms with Gasteiger partial charge in [0.25, 0.3) is 0 Å². The van der Waals surface area contributed by atoms with Crippen LogP contribution in [0.2, 0.25) is 0 Å². The lowest BCUT2D eigenvalue weighted by Crippen LogP contribution is -2.41. The normalized spacial score (nSPS) is 16.5. The summed E-state index contributed by atoms with van der Waals surface area (Å²) in [4.78, 5) is 14.3. The van der Waals surface area contributed by atoms with Gasteiger partial charge in [0.1, 0.15) is 11.5 Å². The second-order valence-electron chi connectivity index (χ2n) is 5.42. The van der Waals surface area contributed by atoms with Crippen molar-refractivity contribution in [2.24, 2.45) is 0 Å². The number of rotatable bonds is 6. The maximum atomic E-state index is 11.9. The van der Waals surface area contributed by atoms with Gasteiger partial charge in [0.15, 0.2) is 0 Å². The van der Waals surface area contributed by atoms with Crippen molar-refractivity contribution in [3.05, 3.63) is 48.3 Å². The van der Waals surface area contributed by atoms with Gasteiger partial charge < -0.3 is 19.5 Å². The minimum Gasteiger partial charge on any atom is -0.468 e. The summed E-state index contributed by atoms with van der Waals surface area (Å²) >= 11 is 0. The Morgan fingerprint density at radius 1 is 1.14 bits per heavy atom. The lowest BCUT2D eigenvalue weighted by molar-refractivity contribution is 0.203. The predicted octanol–water partition coefficient (Wildman–Crippen LogP) is 2.51. The van der Waals surface area contributed by atoms with Crippen molar-refractivity contribution >= 4 is 6.03 Å². The smallest absolute Gasteiger partial charge is 0.315 e. The molecule has 0 aromatic carbocycles. The van der Waals surface area contributed by atoms with E-state index < -0.39 is 0 Å². The molecule has 6 nitrogen and oxygen atoms in total. The van der Waals surface area contributed by atoms with E-state index >= 15 is 0 Å². The maximum absolute atomic E-state index is 11.9. The van der Waals surface area contributed by atoms with Crippen LogP contribution in [0.15, 0.2) is 45.6 Å². The fraction of sp³-hybridized carbons (Fsp3) is 0.438. The molecule has 0 saturated carbocycles. The molecule has 0 spiro atoms. The van der Waals surface area contributed by atoms with E-state index in [0.29, 0.717) is 13.1 Å².